The Bertz CT molecular complexity index is 1970. The van der Waals surface area contributed by atoms with Crippen molar-refractivity contribution in [2.45, 2.75) is 57.8 Å². The minimum atomic E-state index is 0.257. The highest BCUT2D eigenvalue weighted by molar-refractivity contribution is 6.21. The number of benzene rings is 2. The third-order valence-corrected chi connectivity index (χ3v) is 11.7. The highest BCUT2D eigenvalue weighted by Gasteiger charge is 2.75. The number of nitrogens with one attached hydrogen (secondary N) is 2. The Morgan fingerprint density at radius 1 is 0.744 bits per heavy atom. The lowest BCUT2D eigenvalue weighted by atomic mass is 9.45. The van der Waals surface area contributed by atoms with Crippen LogP contribution in [0.25, 0.3) is 55.1 Å². The molecule has 6 aromatic rings. The predicted octanol–water partition coefficient (Wildman–Crippen LogP) is 7.89. The molecular formula is C34H31N5. The lowest BCUT2D eigenvalue weighted by Gasteiger charge is -2.59. The first-order valence-corrected chi connectivity index (χ1v) is 14.7. The van der Waals surface area contributed by atoms with Crippen molar-refractivity contribution < 1.29 is 0 Å². The number of aromatic amines is 2. The van der Waals surface area contributed by atoms with Crippen LogP contribution in [0.15, 0.2) is 48.8 Å². The van der Waals surface area contributed by atoms with E-state index in [1.54, 1.807) is 0 Å². The van der Waals surface area contributed by atoms with Crippen molar-refractivity contribution in [1.82, 2.24) is 24.9 Å². The van der Waals surface area contributed by atoms with E-state index < -0.39 is 0 Å². The topological polar surface area (TPSA) is 70.2 Å². The normalized spacial score (nSPS) is 30.7. The molecular weight excluding hydrogens is 478 g/mol. The highest BCUT2D eigenvalue weighted by atomic mass is 15.0. The van der Waals surface area contributed by atoms with Crippen molar-refractivity contribution >= 4 is 43.7 Å². The summed E-state index contributed by atoms with van der Waals surface area (Å²) in [6, 6.07) is 12.9. The van der Waals surface area contributed by atoms with E-state index in [1.807, 2.05) is 24.5 Å². The van der Waals surface area contributed by atoms with Crippen molar-refractivity contribution in [2.75, 3.05) is 0 Å². The fourth-order valence-corrected chi connectivity index (χ4v) is 10.5. The second-order valence-electron chi connectivity index (χ2n) is 13.4. The van der Waals surface area contributed by atoms with Gasteiger partial charge in [-0.2, -0.15) is 0 Å². The second kappa shape index (κ2) is 6.70. The Labute approximate surface area is 226 Å². The van der Waals surface area contributed by atoms with E-state index in [1.165, 1.54) is 71.8 Å². The number of hydrogen-bond donors (Lipinski definition) is 2. The lowest BCUT2D eigenvalue weighted by Crippen LogP contribution is -2.55. The number of aryl methyl sites for hydroxylation is 2. The van der Waals surface area contributed by atoms with Crippen LogP contribution >= 0.6 is 0 Å². The molecule has 4 saturated carbocycles. The summed E-state index contributed by atoms with van der Waals surface area (Å²) in [5.41, 5.74) is 11.4. The fraction of sp³-hybridized carbons (Fsp3) is 0.382. The maximum absolute atomic E-state index is 5.44. The first kappa shape index (κ1) is 21.1. The number of fused-ring (bicyclic) bond motifs is 9. The van der Waals surface area contributed by atoms with Gasteiger partial charge in [-0.15, -0.1) is 0 Å². The third-order valence-electron chi connectivity index (χ3n) is 11.7. The molecule has 4 fully saturated rings. The van der Waals surface area contributed by atoms with Gasteiger partial charge in [0.1, 0.15) is 5.82 Å². The molecule has 1 spiro atoms. The Balaban J connectivity index is 1.33. The van der Waals surface area contributed by atoms with Crippen LogP contribution in [0.4, 0.5) is 0 Å². The van der Waals surface area contributed by atoms with Crippen LogP contribution in [0.2, 0.25) is 0 Å². The number of pyridine rings is 2. The van der Waals surface area contributed by atoms with Crippen molar-refractivity contribution in [3.63, 3.8) is 0 Å². The molecule has 4 aliphatic rings. The highest BCUT2D eigenvalue weighted by Crippen LogP contribution is 2.81. The number of imidazole rings is 1. The van der Waals surface area contributed by atoms with Gasteiger partial charge in [-0.1, -0.05) is 12.1 Å². The fourth-order valence-electron chi connectivity index (χ4n) is 10.5. The van der Waals surface area contributed by atoms with Gasteiger partial charge >= 0.3 is 0 Å². The third kappa shape index (κ3) is 2.31. The lowest BCUT2D eigenvalue weighted by molar-refractivity contribution is -0.0375. The standard InChI is InChI=1S/C34H31N5/c1-17-7-8-18(2)26-24(17)25(31(37-26)34-15-20-11-19-12-21(16-34)33(34,13-19)14-20)32-38-29-22-5-3-9-35-27(22)28-23(30(29)39-32)6-4-10-36-28/h3-10,19-21,37H,11-16H2,1-2H3,(H,38,39). The minimum Gasteiger partial charge on any atom is -0.357 e. The Hall–Kier alpha value is -3.73. The van der Waals surface area contributed by atoms with Crippen molar-refractivity contribution in [1.29, 1.82) is 0 Å². The average Bonchev–Trinajstić information content (AvgIpc) is 3.65. The zero-order chi connectivity index (χ0) is 25.7. The molecule has 0 aliphatic heterocycles. The number of rotatable bonds is 2. The van der Waals surface area contributed by atoms with E-state index in [0.717, 1.165) is 56.4 Å². The first-order chi connectivity index (χ1) is 19.1. The van der Waals surface area contributed by atoms with Crippen LogP contribution in [0.5, 0.6) is 0 Å². The summed E-state index contributed by atoms with van der Waals surface area (Å²) in [4.78, 5) is 22.9. The Kier molecular flexibility index (Phi) is 3.63. The second-order valence-corrected chi connectivity index (χ2v) is 13.4. The van der Waals surface area contributed by atoms with Crippen molar-refractivity contribution in [3.8, 4) is 11.4 Å². The van der Waals surface area contributed by atoms with Crippen LogP contribution in [0, 0.1) is 37.0 Å². The number of hydrogen-bond acceptors (Lipinski definition) is 3. The maximum atomic E-state index is 5.44. The summed E-state index contributed by atoms with van der Waals surface area (Å²) in [7, 11) is 0. The molecule has 192 valence electrons. The number of aromatic nitrogens is 5. The monoisotopic (exact) mass is 509 g/mol. The van der Waals surface area contributed by atoms with Gasteiger partial charge in [0.2, 0.25) is 0 Å². The van der Waals surface area contributed by atoms with Gasteiger partial charge in [0, 0.05) is 50.7 Å². The van der Waals surface area contributed by atoms with E-state index in [0.29, 0.717) is 5.41 Å². The van der Waals surface area contributed by atoms with Gasteiger partial charge in [0.25, 0.3) is 0 Å². The molecule has 2 aromatic carbocycles. The van der Waals surface area contributed by atoms with Gasteiger partial charge in [-0.05, 0) is 111 Å². The summed E-state index contributed by atoms with van der Waals surface area (Å²) in [5, 5.41) is 3.49. The van der Waals surface area contributed by atoms with Crippen molar-refractivity contribution in [3.05, 3.63) is 65.6 Å². The molecule has 2 N–H and O–H groups in total. The van der Waals surface area contributed by atoms with Gasteiger partial charge < -0.3 is 9.97 Å². The summed E-state index contributed by atoms with van der Waals surface area (Å²) in [5.74, 6) is 3.75. The molecule has 39 heavy (non-hydrogen) atoms. The molecule has 5 nitrogen and oxygen atoms in total. The Morgan fingerprint density at radius 3 is 2.38 bits per heavy atom. The molecule has 3 bridgehead atoms. The first-order valence-electron chi connectivity index (χ1n) is 14.7. The van der Waals surface area contributed by atoms with E-state index in [4.69, 9.17) is 15.0 Å². The number of nitrogens with zero attached hydrogens (tertiary/aromatic N) is 3. The SMILES string of the molecule is Cc1ccc(C)c2c(-c3nc4c5cccnc5c5ncccc5c4[nH]3)c(C34CC5CC6CC(C3)C4(C6)C5)[nH]c12. The predicted molar refractivity (Wildman–Crippen MR) is 156 cm³/mol. The zero-order valence-electron chi connectivity index (χ0n) is 22.4. The van der Waals surface area contributed by atoms with Gasteiger partial charge in [0.15, 0.2) is 0 Å². The van der Waals surface area contributed by atoms with Crippen molar-refractivity contribution in [2.24, 2.45) is 23.2 Å². The molecule has 5 heteroatoms. The van der Waals surface area contributed by atoms with E-state index >= 15 is 0 Å². The smallest absolute Gasteiger partial charge is 0.141 e. The summed E-state index contributed by atoms with van der Waals surface area (Å²) >= 11 is 0. The van der Waals surface area contributed by atoms with Crippen LogP contribution in [0.1, 0.15) is 55.3 Å². The molecule has 0 radical (unpaired) electrons. The molecule has 10 rings (SSSR count). The number of H-pyrrole nitrogens is 2. The van der Waals surface area contributed by atoms with Crippen LogP contribution in [0.3, 0.4) is 0 Å². The van der Waals surface area contributed by atoms with Crippen LogP contribution in [-0.2, 0) is 5.41 Å². The molecule has 4 heterocycles. The summed E-state index contributed by atoms with van der Waals surface area (Å²) < 4.78 is 0. The van der Waals surface area contributed by atoms with E-state index in [9.17, 15) is 0 Å². The van der Waals surface area contributed by atoms with Gasteiger partial charge in [0.05, 0.1) is 22.1 Å². The van der Waals surface area contributed by atoms with E-state index in [-0.39, 0.29) is 5.41 Å². The maximum Gasteiger partial charge on any atom is 0.141 e. The molecule has 5 unspecified atom stereocenters. The van der Waals surface area contributed by atoms with Crippen LogP contribution < -0.4 is 0 Å². The molecule has 0 saturated heterocycles. The summed E-state index contributed by atoms with van der Waals surface area (Å²) in [6.45, 7) is 4.52. The largest absolute Gasteiger partial charge is 0.357 e. The quantitative estimate of drug-likeness (QED) is 0.233. The summed E-state index contributed by atoms with van der Waals surface area (Å²) in [6.07, 6.45) is 12.2. The van der Waals surface area contributed by atoms with Crippen LogP contribution in [-0.4, -0.2) is 24.9 Å². The van der Waals surface area contributed by atoms with E-state index in [2.05, 4.69) is 48.1 Å². The molecule has 4 aliphatic carbocycles. The Morgan fingerprint density at radius 2 is 1.51 bits per heavy atom. The van der Waals surface area contributed by atoms with Gasteiger partial charge in [-0.3, -0.25) is 9.97 Å². The minimum absolute atomic E-state index is 0.257. The molecule has 0 amide bonds. The average molecular weight is 510 g/mol. The molecule has 4 aromatic heterocycles. The van der Waals surface area contributed by atoms with Gasteiger partial charge in [-0.25, -0.2) is 4.98 Å². The zero-order valence-corrected chi connectivity index (χ0v) is 22.4. The molecule has 5 atom stereocenters.